The van der Waals surface area contributed by atoms with E-state index in [0.717, 1.165) is 42.6 Å². The molecule has 3 nitrogen and oxygen atoms in total. The van der Waals surface area contributed by atoms with Crippen molar-refractivity contribution in [1.29, 1.82) is 0 Å². The van der Waals surface area contributed by atoms with Crippen LogP contribution in [-0.4, -0.2) is 30.4 Å². The standard InChI is InChI=1S/C17H28N2O/c1-6-8-14(4)19(5)17(20)15-9-10-16(13(3)12-15)18-11-7-2/h9-10,12,14,18H,6-8,11H2,1-5H3. The van der Waals surface area contributed by atoms with Crippen LogP contribution < -0.4 is 5.32 Å². The summed E-state index contributed by atoms with van der Waals surface area (Å²) in [7, 11) is 1.89. The van der Waals surface area contributed by atoms with Crippen molar-refractivity contribution in [1.82, 2.24) is 4.90 Å². The molecule has 0 bridgehead atoms. The minimum absolute atomic E-state index is 0.107. The summed E-state index contributed by atoms with van der Waals surface area (Å²) in [4.78, 5) is 14.3. The topological polar surface area (TPSA) is 32.3 Å². The Morgan fingerprint density at radius 1 is 1.30 bits per heavy atom. The minimum Gasteiger partial charge on any atom is -0.385 e. The number of nitrogens with one attached hydrogen (secondary N) is 1. The van der Waals surface area contributed by atoms with Crippen LogP contribution in [0.1, 0.15) is 56.0 Å². The molecule has 0 aromatic heterocycles. The summed E-state index contributed by atoms with van der Waals surface area (Å²) < 4.78 is 0. The Hall–Kier alpha value is -1.51. The molecule has 1 aromatic rings. The quantitative estimate of drug-likeness (QED) is 0.814. The molecule has 1 amide bonds. The lowest BCUT2D eigenvalue weighted by atomic mass is 10.1. The SMILES string of the molecule is CCCNc1ccc(C(=O)N(C)C(C)CCC)cc1C. The number of nitrogens with zero attached hydrogens (tertiary/aromatic N) is 1. The first kappa shape index (κ1) is 16.5. The molecule has 0 spiro atoms. The molecule has 1 unspecified atom stereocenters. The molecule has 1 rings (SSSR count). The van der Waals surface area contributed by atoms with Crippen LogP contribution >= 0.6 is 0 Å². The van der Waals surface area contributed by atoms with E-state index in [2.05, 4.69) is 26.1 Å². The van der Waals surface area contributed by atoms with Gasteiger partial charge in [-0.15, -0.1) is 0 Å². The van der Waals surface area contributed by atoms with Gasteiger partial charge in [0.2, 0.25) is 0 Å². The molecular formula is C17H28N2O. The number of aryl methyl sites for hydroxylation is 1. The van der Waals surface area contributed by atoms with Gasteiger partial charge < -0.3 is 10.2 Å². The molecule has 3 heteroatoms. The van der Waals surface area contributed by atoms with Gasteiger partial charge in [0.15, 0.2) is 0 Å². The maximum Gasteiger partial charge on any atom is 0.253 e. The molecule has 0 aliphatic rings. The van der Waals surface area contributed by atoms with Gasteiger partial charge in [0.05, 0.1) is 0 Å². The molecule has 0 heterocycles. The third-order valence-electron chi connectivity index (χ3n) is 3.73. The van der Waals surface area contributed by atoms with Crippen molar-refractivity contribution in [3.8, 4) is 0 Å². The minimum atomic E-state index is 0.107. The summed E-state index contributed by atoms with van der Waals surface area (Å²) in [5.74, 6) is 0.107. The first-order chi connectivity index (χ1) is 9.51. The Kier molecular flexibility index (Phi) is 6.56. The maximum absolute atomic E-state index is 12.4. The fourth-order valence-corrected chi connectivity index (χ4v) is 2.27. The molecule has 112 valence electrons. The summed E-state index contributed by atoms with van der Waals surface area (Å²) in [6.45, 7) is 9.40. The van der Waals surface area contributed by atoms with E-state index in [-0.39, 0.29) is 11.9 Å². The Morgan fingerprint density at radius 2 is 2.00 bits per heavy atom. The number of amides is 1. The van der Waals surface area contributed by atoms with E-state index in [1.165, 1.54) is 0 Å². The van der Waals surface area contributed by atoms with E-state index in [1.54, 1.807) is 0 Å². The zero-order valence-electron chi connectivity index (χ0n) is 13.5. The summed E-state index contributed by atoms with van der Waals surface area (Å²) in [6, 6.07) is 6.19. The van der Waals surface area contributed by atoms with Crippen molar-refractivity contribution >= 4 is 11.6 Å². The lowest BCUT2D eigenvalue weighted by Gasteiger charge is -2.25. The van der Waals surface area contributed by atoms with Gasteiger partial charge in [-0.25, -0.2) is 0 Å². The van der Waals surface area contributed by atoms with Gasteiger partial charge in [0, 0.05) is 30.9 Å². The Labute approximate surface area is 123 Å². The van der Waals surface area contributed by atoms with E-state index in [4.69, 9.17) is 0 Å². The number of hydrogen-bond donors (Lipinski definition) is 1. The number of hydrogen-bond acceptors (Lipinski definition) is 2. The van der Waals surface area contributed by atoms with Gasteiger partial charge in [-0.3, -0.25) is 4.79 Å². The highest BCUT2D eigenvalue weighted by atomic mass is 16.2. The number of carbonyl (C=O) groups is 1. The zero-order valence-corrected chi connectivity index (χ0v) is 13.5. The van der Waals surface area contributed by atoms with E-state index < -0.39 is 0 Å². The van der Waals surface area contributed by atoms with Crippen LogP contribution in [-0.2, 0) is 0 Å². The van der Waals surface area contributed by atoms with Crippen LogP contribution in [0.5, 0.6) is 0 Å². The largest absolute Gasteiger partial charge is 0.385 e. The third-order valence-corrected chi connectivity index (χ3v) is 3.73. The van der Waals surface area contributed by atoms with Crippen LogP contribution in [0.25, 0.3) is 0 Å². The predicted octanol–water partition coefficient (Wildman–Crippen LogP) is 4.08. The second kappa shape index (κ2) is 7.93. The average molecular weight is 276 g/mol. The molecule has 0 saturated carbocycles. The van der Waals surface area contributed by atoms with Crippen LogP contribution in [0.4, 0.5) is 5.69 Å². The van der Waals surface area contributed by atoms with Gasteiger partial charge >= 0.3 is 0 Å². The molecular weight excluding hydrogens is 248 g/mol. The Morgan fingerprint density at radius 3 is 2.55 bits per heavy atom. The monoisotopic (exact) mass is 276 g/mol. The predicted molar refractivity (Wildman–Crippen MR) is 86.4 cm³/mol. The Bertz CT molecular complexity index is 443. The highest BCUT2D eigenvalue weighted by Gasteiger charge is 2.17. The van der Waals surface area contributed by atoms with E-state index >= 15 is 0 Å². The smallest absolute Gasteiger partial charge is 0.253 e. The second-order valence-electron chi connectivity index (χ2n) is 5.51. The van der Waals surface area contributed by atoms with Gasteiger partial charge in [-0.1, -0.05) is 20.3 Å². The zero-order chi connectivity index (χ0) is 15.1. The number of rotatable bonds is 7. The molecule has 0 aliphatic carbocycles. The summed E-state index contributed by atoms with van der Waals surface area (Å²) in [6.07, 6.45) is 3.23. The van der Waals surface area contributed by atoms with Crippen molar-refractivity contribution in [3.05, 3.63) is 29.3 Å². The van der Waals surface area contributed by atoms with Crippen LogP contribution in [0.3, 0.4) is 0 Å². The fourth-order valence-electron chi connectivity index (χ4n) is 2.27. The van der Waals surface area contributed by atoms with Crippen LogP contribution in [0, 0.1) is 6.92 Å². The summed E-state index contributed by atoms with van der Waals surface area (Å²) in [5, 5.41) is 3.38. The molecule has 0 fully saturated rings. The molecule has 0 aliphatic heterocycles. The maximum atomic E-state index is 12.4. The molecule has 1 N–H and O–H groups in total. The Balaban J connectivity index is 2.81. The van der Waals surface area contributed by atoms with Crippen molar-refractivity contribution in [3.63, 3.8) is 0 Å². The van der Waals surface area contributed by atoms with Crippen molar-refractivity contribution < 1.29 is 4.79 Å². The van der Waals surface area contributed by atoms with Crippen molar-refractivity contribution in [2.45, 2.75) is 53.0 Å². The summed E-state index contributed by atoms with van der Waals surface area (Å²) in [5.41, 5.74) is 3.02. The first-order valence-electron chi connectivity index (χ1n) is 7.62. The van der Waals surface area contributed by atoms with Crippen molar-refractivity contribution in [2.24, 2.45) is 0 Å². The molecule has 1 atom stereocenters. The molecule has 1 aromatic carbocycles. The normalized spacial score (nSPS) is 12.1. The first-order valence-corrected chi connectivity index (χ1v) is 7.62. The van der Waals surface area contributed by atoms with Gasteiger partial charge in [0.25, 0.3) is 5.91 Å². The van der Waals surface area contributed by atoms with Crippen molar-refractivity contribution in [2.75, 3.05) is 18.9 Å². The highest BCUT2D eigenvalue weighted by molar-refractivity contribution is 5.95. The van der Waals surface area contributed by atoms with Crippen LogP contribution in [0.15, 0.2) is 18.2 Å². The molecule has 0 saturated heterocycles. The van der Waals surface area contributed by atoms with E-state index in [1.807, 2.05) is 37.1 Å². The lowest BCUT2D eigenvalue weighted by Crippen LogP contribution is -2.35. The van der Waals surface area contributed by atoms with Crippen LogP contribution in [0.2, 0.25) is 0 Å². The molecule has 0 radical (unpaired) electrons. The summed E-state index contributed by atoms with van der Waals surface area (Å²) >= 11 is 0. The number of carbonyl (C=O) groups excluding carboxylic acids is 1. The number of anilines is 1. The van der Waals surface area contributed by atoms with E-state index in [0.29, 0.717) is 0 Å². The lowest BCUT2D eigenvalue weighted by molar-refractivity contribution is 0.0736. The molecule has 20 heavy (non-hydrogen) atoms. The van der Waals surface area contributed by atoms with Gasteiger partial charge in [0.1, 0.15) is 0 Å². The van der Waals surface area contributed by atoms with Gasteiger partial charge in [-0.2, -0.15) is 0 Å². The average Bonchev–Trinajstić information content (AvgIpc) is 2.44. The number of benzene rings is 1. The van der Waals surface area contributed by atoms with E-state index in [9.17, 15) is 4.79 Å². The fraction of sp³-hybridized carbons (Fsp3) is 0.588. The highest BCUT2D eigenvalue weighted by Crippen LogP contribution is 2.18. The third kappa shape index (κ3) is 4.26. The second-order valence-corrected chi connectivity index (χ2v) is 5.51. The van der Waals surface area contributed by atoms with Gasteiger partial charge in [-0.05, 0) is 50.5 Å².